The molecule has 2 aromatic carbocycles. The summed E-state index contributed by atoms with van der Waals surface area (Å²) in [6.45, 7) is -0.0199. The van der Waals surface area contributed by atoms with Gasteiger partial charge >= 0.3 is 5.97 Å². The maximum absolute atomic E-state index is 12.9. The van der Waals surface area contributed by atoms with Crippen molar-refractivity contribution in [3.63, 3.8) is 0 Å². The van der Waals surface area contributed by atoms with Crippen molar-refractivity contribution in [2.75, 3.05) is 11.5 Å². The standard InChI is InChI=1S/C19H13ClN2O5/c20-12-4-6-13(7-5-12)21-16-10-27-19(24)18(16)15(9-17(21)23)11-2-1-3-14(8-11)22(25)26/h1-8,15H,9-10H2. The maximum atomic E-state index is 12.9. The third kappa shape index (κ3) is 2.96. The summed E-state index contributed by atoms with van der Waals surface area (Å²) >= 11 is 5.92. The highest BCUT2D eigenvalue weighted by atomic mass is 35.5. The predicted molar refractivity (Wildman–Crippen MR) is 97.4 cm³/mol. The number of amides is 1. The molecule has 7 nitrogen and oxygen atoms in total. The zero-order valence-electron chi connectivity index (χ0n) is 13.9. The Balaban J connectivity index is 1.81. The lowest BCUT2D eigenvalue weighted by Crippen LogP contribution is -2.37. The molecule has 0 aliphatic carbocycles. The number of hydrogen-bond donors (Lipinski definition) is 0. The number of rotatable bonds is 3. The van der Waals surface area contributed by atoms with Crippen molar-refractivity contribution in [3.8, 4) is 0 Å². The van der Waals surface area contributed by atoms with Gasteiger partial charge in [-0.2, -0.15) is 0 Å². The fraction of sp³-hybridized carbons (Fsp3) is 0.158. The summed E-state index contributed by atoms with van der Waals surface area (Å²) in [5.41, 5.74) is 1.88. The molecule has 0 saturated heterocycles. The molecule has 2 aliphatic rings. The van der Waals surface area contributed by atoms with E-state index in [4.69, 9.17) is 16.3 Å². The minimum atomic E-state index is -0.578. The Morgan fingerprint density at radius 1 is 1.15 bits per heavy atom. The monoisotopic (exact) mass is 384 g/mol. The van der Waals surface area contributed by atoms with Gasteiger partial charge in [-0.1, -0.05) is 23.7 Å². The van der Waals surface area contributed by atoms with Crippen molar-refractivity contribution in [2.24, 2.45) is 0 Å². The van der Waals surface area contributed by atoms with Crippen LogP contribution in [0.3, 0.4) is 0 Å². The molecule has 0 spiro atoms. The first-order chi connectivity index (χ1) is 13.0. The van der Waals surface area contributed by atoms with E-state index in [-0.39, 0.29) is 24.6 Å². The summed E-state index contributed by atoms with van der Waals surface area (Å²) in [4.78, 5) is 37.3. The van der Waals surface area contributed by atoms with Gasteiger partial charge in [0.25, 0.3) is 5.69 Å². The lowest BCUT2D eigenvalue weighted by atomic mass is 9.84. The van der Waals surface area contributed by atoms with E-state index in [1.165, 1.54) is 17.0 Å². The largest absolute Gasteiger partial charge is 0.456 e. The molecule has 136 valence electrons. The van der Waals surface area contributed by atoms with Gasteiger partial charge in [0.15, 0.2) is 0 Å². The zero-order valence-corrected chi connectivity index (χ0v) is 14.7. The van der Waals surface area contributed by atoms with E-state index in [0.29, 0.717) is 27.5 Å². The second-order valence-electron chi connectivity index (χ2n) is 6.25. The summed E-state index contributed by atoms with van der Waals surface area (Å²) in [5, 5.41) is 11.6. The van der Waals surface area contributed by atoms with Gasteiger partial charge in [-0.3, -0.25) is 19.8 Å². The normalized spacial score (nSPS) is 19.1. The number of cyclic esters (lactones) is 1. The number of anilines is 1. The van der Waals surface area contributed by atoms with Crippen LogP contribution in [0.25, 0.3) is 0 Å². The van der Waals surface area contributed by atoms with Crippen molar-refractivity contribution in [1.82, 2.24) is 0 Å². The second-order valence-corrected chi connectivity index (χ2v) is 6.69. The molecule has 0 aromatic heterocycles. The van der Waals surface area contributed by atoms with Gasteiger partial charge in [0, 0.05) is 35.2 Å². The van der Waals surface area contributed by atoms with Gasteiger partial charge < -0.3 is 4.74 Å². The van der Waals surface area contributed by atoms with E-state index in [1.54, 1.807) is 36.4 Å². The lowest BCUT2D eigenvalue weighted by Gasteiger charge is -2.31. The summed E-state index contributed by atoms with van der Waals surface area (Å²) < 4.78 is 5.19. The number of ether oxygens (including phenoxy) is 1. The summed E-state index contributed by atoms with van der Waals surface area (Å²) in [5.74, 6) is -1.30. The van der Waals surface area contributed by atoms with Gasteiger partial charge in [-0.15, -0.1) is 0 Å². The number of carbonyl (C=O) groups is 2. The average molecular weight is 385 g/mol. The van der Waals surface area contributed by atoms with E-state index in [2.05, 4.69) is 0 Å². The highest BCUT2D eigenvalue weighted by Crippen LogP contribution is 2.42. The Kier molecular flexibility index (Phi) is 4.16. The third-order valence-electron chi connectivity index (χ3n) is 4.69. The molecule has 1 amide bonds. The summed E-state index contributed by atoms with van der Waals surface area (Å²) in [7, 11) is 0. The maximum Gasteiger partial charge on any atom is 0.336 e. The number of benzene rings is 2. The number of non-ortho nitro benzene ring substituents is 1. The van der Waals surface area contributed by atoms with E-state index in [0.717, 1.165) is 0 Å². The lowest BCUT2D eigenvalue weighted by molar-refractivity contribution is -0.384. The highest BCUT2D eigenvalue weighted by Gasteiger charge is 2.43. The van der Waals surface area contributed by atoms with Crippen LogP contribution in [0.4, 0.5) is 11.4 Å². The number of esters is 1. The molecule has 2 aromatic rings. The molecule has 0 saturated carbocycles. The Bertz CT molecular complexity index is 999. The average Bonchev–Trinajstić information content (AvgIpc) is 3.04. The van der Waals surface area contributed by atoms with Gasteiger partial charge in [-0.25, -0.2) is 4.79 Å². The minimum absolute atomic E-state index is 0.0116. The molecule has 2 aliphatic heterocycles. The van der Waals surface area contributed by atoms with Crippen molar-refractivity contribution < 1.29 is 19.2 Å². The van der Waals surface area contributed by atoms with Crippen LogP contribution in [-0.4, -0.2) is 23.4 Å². The Morgan fingerprint density at radius 2 is 1.89 bits per heavy atom. The van der Waals surface area contributed by atoms with Crippen molar-refractivity contribution in [2.45, 2.75) is 12.3 Å². The molecule has 1 atom stereocenters. The topological polar surface area (TPSA) is 89.7 Å². The van der Waals surface area contributed by atoms with Crippen molar-refractivity contribution in [1.29, 1.82) is 0 Å². The number of halogens is 1. The van der Waals surface area contributed by atoms with Crippen LogP contribution >= 0.6 is 11.6 Å². The first kappa shape index (κ1) is 17.2. The smallest absolute Gasteiger partial charge is 0.336 e. The van der Waals surface area contributed by atoms with Gasteiger partial charge in [0.05, 0.1) is 16.2 Å². The van der Waals surface area contributed by atoms with Crippen LogP contribution < -0.4 is 4.90 Å². The first-order valence-corrected chi connectivity index (χ1v) is 8.56. The summed E-state index contributed by atoms with van der Waals surface area (Å²) in [6, 6.07) is 12.7. The fourth-order valence-corrected chi connectivity index (χ4v) is 3.61. The minimum Gasteiger partial charge on any atom is -0.456 e. The van der Waals surface area contributed by atoms with E-state index >= 15 is 0 Å². The Labute approximate surface area is 158 Å². The number of nitro groups is 1. The SMILES string of the molecule is O=C1OCC2=C1C(c1cccc([N+](=O)[O-])c1)CC(=O)N2c1ccc(Cl)cc1. The van der Waals surface area contributed by atoms with E-state index in [9.17, 15) is 19.7 Å². The fourth-order valence-electron chi connectivity index (χ4n) is 3.48. The Hall–Kier alpha value is -3.19. The molecule has 8 heteroatoms. The molecule has 0 N–H and O–H groups in total. The van der Waals surface area contributed by atoms with Crippen LogP contribution in [0.2, 0.25) is 5.02 Å². The quantitative estimate of drug-likeness (QED) is 0.458. The second kappa shape index (κ2) is 6.51. The zero-order chi connectivity index (χ0) is 19.1. The highest BCUT2D eigenvalue weighted by molar-refractivity contribution is 6.30. The van der Waals surface area contributed by atoms with Crippen molar-refractivity contribution in [3.05, 3.63) is 80.5 Å². The molecular formula is C19H13ClN2O5. The molecule has 0 fully saturated rings. The molecule has 2 heterocycles. The van der Waals surface area contributed by atoms with Gasteiger partial charge in [-0.05, 0) is 29.8 Å². The molecule has 27 heavy (non-hydrogen) atoms. The number of nitrogens with zero attached hydrogens (tertiary/aromatic N) is 2. The van der Waals surface area contributed by atoms with Crippen LogP contribution in [0.15, 0.2) is 59.8 Å². The third-order valence-corrected chi connectivity index (χ3v) is 4.94. The predicted octanol–water partition coefficient (Wildman–Crippen LogP) is 3.58. The summed E-state index contributed by atoms with van der Waals surface area (Å²) in [6.07, 6.45) is 0.0116. The van der Waals surface area contributed by atoms with Gasteiger partial charge in [0.2, 0.25) is 5.91 Å². The van der Waals surface area contributed by atoms with Crippen LogP contribution in [0, 0.1) is 10.1 Å². The van der Waals surface area contributed by atoms with E-state index in [1.807, 2.05) is 0 Å². The Morgan fingerprint density at radius 3 is 2.59 bits per heavy atom. The number of nitro benzene ring substituents is 1. The van der Waals surface area contributed by atoms with Crippen LogP contribution in [-0.2, 0) is 14.3 Å². The number of hydrogen-bond acceptors (Lipinski definition) is 5. The van der Waals surface area contributed by atoms with Crippen LogP contribution in [0.1, 0.15) is 17.9 Å². The molecule has 4 rings (SSSR count). The molecule has 1 unspecified atom stereocenters. The molecule has 0 bridgehead atoms. The van der Waals surface area contributed by atoms with Gasteiger partial charge in [0.1, 0.15) is 6.61 Å². The number of carbonyl (C=O) groups excluding carboxylic acids is 2. The molecule has 0 radical (unpaired) electrons. The molecular weight excluding hydrogens is 372 g/mol. The van der Waals surface area contributed by atoms with Crippen LogP contribution in [0.5, 0.6) is 0 Å². The van der Waals surface area contributed by atoms with E-state index < -0.39 is 16.8 Å². The van der Waals surface area contributed by atoms with Crippen molar-refractivity contribution >= 4 is 34.9 Å². The first-order valence-electron chi connectivity index (χ1n) is 8.19.